The zero-order chi connectivity index (χ0) is 29.6. The molecule has 1 saturated carbocycles. The maximum atomic E-state index is 13.0. The summed E-state index contributed by atoms with van der Waals surface area (Å²) in [5.74, 6) is 0.880. The number of esters is 1. The van der Waals surface area contributed by atoms with Crippen LogP contribution in [0.4, 0.5) is 0 Å². The van der Waals surface area contributed by atoms with Crippen LogP contribution in [0.1, 0.15) is 68.3 Å². The van der Waals surface area contributed by atoms with Crippen molar-refractivity contribution >= 4 is 40.3 Å². The number of H-pyrrole nitrogens is 1. The van der Waals surface area contributed by atoms with Crippen LogP contribution in [0.2, 0.25) is 0 Å². The van der Waals surface area contributed by atoms with E-state index >= 15 is 0 Å². The second-order valence-corrected chi connectivity index (χ2v) is 13.1. The quantitative estimate of drug-likeness (QED) is 0.138. The Balaban J connectivity index is 1.12. The largest absolute Gasteiger partial charge is 0.425 e. The molecule has 5 N–H and O–H groups in total. The lowest BCUT2D eigenvalue weighted by Gasteiger charge is -2.41. The molecule has 1 aromatic heterocycles. The summed E-state index contributed by atoms with van der Waals surface area (Å²) in [4.78, 5) is 41.8. The fourth-order valence-electron chi connectivity index (χ4n) is 6.37. The van der Waals surface area contributed by atoms with Crippen molar-refractivity contribution in [3.8, 4) is 5.75 Å². The number of rotatable bonds is 11. The van der Waals surface area contributed by atoms with E-state index in [4.69, 9.17) is 10.5 Å². The smallest absolute Gasteiger partial charge is 0.328 e. The van der Waals surface area contributed by atoms with Gasteiger partial charge in [-0.25, -0.2) is 4.79 Å². The van der Waals surface area contributed by atoms with Gasteiger partial charge in [0.25, 0.3) is 0 Å². The third-order valence-corrected chi connectivity index (χ3v) is 9.61. The Morgan fingerprint density at radius 1 is 1.05 bits per heavy atom. The number of thioether (sulfide) groups is 1. The molecule has 9 heteroatoms. The van der Waals surface area contributed by atoms with E-state index in [2.05, 4.69) is 29.5 Å². The van der Waals surface area contributed by atoms with Crippen molar-refractivity contribution < 1.29 is 19.1 Å². The summed E-state index contributed by atoms with van der Waals surface area (Å²) in [7, 11) is 0. The topological polar surface area (TPSA) is 126 Å². The number of amides is 1. The monoisotopic (exact) mass is 590 g/mol. The number of hydrogen-bond acceptors (Lipinski definition) is 7. The summed E-state index contributed by atoms with van der Waals surface area (Å²) in [5, 5.41) is 7.75. The number of nitrogens with one attached hydrogen (secondary N) is 3. The van der Waals surface area contributed by atoms with E-state index in [1.807, 2.05) is 30.5 Å². The van der Waals surface area contributed by atoms with E-state index < -0.39 is 12.0 Å². The van der Waals surface area contributed by atoms with Gasteiger partial charge in [0, 0.05) is 35.1 Å². The van der Waals surface area contributed by atoms with E-state index in [9.17, 15) is 14.4 Å². The Hall–Kier alpha value is -3.14. The highest BCUT2D eigenvalue weighted by Gasteiger charge is 2.39. The number of aromatic amines is 1. The SMILES string of the molecule is CC(C)C1C(=O)NC(SCC(=O)c2ccc(OC(=O)C(N)Cc3c[nH]c4ccccc34)cc2)NC1CC1CCCCC1. The molecule has 0 bridgehead atoms. The number of fused-ring (bicyclic) bond motifs is 1. The molecule has 2 aliphatic rings. The van der Waals surface area contributed by atoms with Crippen LogP contribution in [0.5, 0.6) is 5.75 Å². The van der Waals surface area contributed by atoms with Crippen LogP contribution in [0.25, 0.3) is 10.9 Å². The summed E-state index contributed by atoms with van der Waals surface area (Å²) in [6, 6.07) is 13.7. The van der Waals surface area contributed by atoms with Gasteiger partial charge in [-0.2, -0.15) is 0 Å². The van der Waals surface area contributed by atoms with Crippen molar-refractivity contribution in [2.75, 3.05) is 5.75 Å². The molecule has 1 aliphatic carbocycles. The van der Waals surface area contributed by atoms with Gasteiger partial charge in [0.05, 0.1) is 11.7 Å². The first-order chi connectivity index (χ1) is 20.3. The van der Waals surface area contributed by atoms with Gasteiger partial charge >= 0.3 is 5.97 Å². The van der Waals surface area contributed by atoms with Crippen molar-refractivity contribution in [1.82, 2.24) is 15.6 Å². The molecule has 2 heterocycles. The lowest BCUT2D eigenvalue weighted by atomic mass is 9.78. The van der Waals surface area contributed by atoms with Gasteiger partial charge in [-0.3, -0.25) is 14.9 Å². The molecule has 4 atom stereocenters. The number of hydrogen-bond donors (Lipinski definition) is 4. The first-order valence-corrected chi connectivity index (χ1v) is 16.2. The van der Waals surface area contributed by atoms with Gasteiger partial charge in [0.15, 0.2) is 5.78 Å². The number of aromatic nitrogens is 1. The van der Waals surface area contributed by atoms with Crippen LogP contribution in [0.3, 0.4) is 0 Å². The number of carbonyl (C=O) groups is 3. The molecule has 224 valence electrons. The summed E-state index contributed by atoms with van der Waals surface area (Å²) in [5.41, 5.74) is 8.32. The first-order valence-electron chi connectivity index (χ1n) is 15.1. The molecule has 0 spiro atoms. The zero-order valence-electron chi connectivity index (χ0n) is 24.4. The van der Waals surface area contributed by atoms with E-state index in [0.717, 1.165) is 22.9 Å². The number of ketones is 1. The molecule has 4 unspecified atom stereocenters. The van der Waals surface area contributed by atoms with Crippen LogP contribution in [0, 0.1) is 17.8 Å². The Bertz CT molecular complexity index is 1380. The van der Waals surface area contributed by atoms with Crippen LogP contribution in [-0.2, 0) is 16.0 Å². The second kappa shape index (κ2) is 13.9. The predicted molar refractivity (Wildman–Crippen MR) is 167 cm³/mol. The maximum Gasteiger partial charge on any atom is 0.328 e. The number of para-hydroxylation sites is 1. The highest BCUT2D eigenvalue weighted by atomic mass is 32.2. The molecule has 1 aliphatic heterocycles. The maximum absolute atomic E-state index is 13.0. The standard InChI is InChI=1S/C33H42N4O4S/c1-20(2)30-28(16-21-8-4-3-5-9-21)36-33(37-31(30)39)42-19-29(38)22-12-14-24(15-13-22)41-32(40)26(34)17-23-18-35-27-11-7-6-10-25(23)27/h6-7,10-15,18,20-21,26,28,30,33,35-36H,3-5,8-9,16-17,19,34H2,1-2H3,(H,37,39). The van der Waals surface area contributed by atoms with Gasteiger partial charge in [0.1, 0.15) is 17.3 Å². The van der Waals surface area contributed by atoms with Gasteiger partial charge in [-0.05, 0) is 54.2 Å². The van der Waals surface area contributed by atoms with Gasteiger partial charge in [-0.1, -0.05) is 64.2 Å². The predicted octanol–water partition coefficient (Wildman–Crippen LogP) is 5.17. The number of benzene rings is 2. The number of carbonyl (C=O) groups excluding carboxylic acids is 3. The average molecular weight is 591 g/mol. The van der Waals surface area contributed by atoms with Crippen LogP contribution >= 0.6 is 11.8 Å². The highest BCUT2D eigenvalue weighted by molar-refractivity contribution is 8.00. The van der Waals surface area contributed by atoms with Crippen LogP contribution in [0.15, 0.2) is 54.7 Å². The van der Waals surface area contributed by atoms with Gasteiger partial charge in [0.2, 0.25) is 5.91 Å². The zero-order valence-corrected chi connectivity index (χ0v) is 25.3. The molecule has 8 nitrogen and oxygen atoms in total. The summed E-state index contributed by atoms with van der Waals surface area (Å²) in [6.07, 6.45) is 9.56. The molecule has 2 fully saturated rings. The molecule has 2 aromatic carbocycles. The fraction of sp³-hybridized carbons (Fsp3) is 0.485. The molecule has 0 radical (unpaired) electrons. The third-order valence-electron chi connectivity index (χ3n) is 8.60. The Kier molecular flexibility index (Phi) is 10.0. The van der Waals surface area contributed by atoms with Gasteiger partial charge in [-0.15, -0.1) is 11.8 Å². The Morgan fingerprint density at radius 3 is 2.52 bits per heavy atom. The number of nitrogens with two attached hydrogens (primary N) is 1. The highest BCUT2D eigenvalue weighted by Crippen LogP contribution is 2.33. The summed E-state index contributed by atoms with van der Waals surface area (Å²) in [6.45, 7) is 4.21. The number of ether oxygens (including phenoxy) is 1. The van der Waals surface area contributed by atoms with Crippen LogP contribution in [-0.4, -0.2) is 46.0 Å². The van der Waals surface area contributed by atoms with Crippen molar-refractivity contribution in [1.29, 1.82) is 0 Å². The van der Waals surface area contributed by atoms with E-state index in [1.54, 1.807) is 24.3 Å². The van der Waals surface area contributed by atoms with Crippen molar-refractivity contribution in [3.05, 3.63) is 65.9 Å². The average Bonchev–Trinajstić information content (AvgIpc) is 3.39. The normalized spacial score (nSPS) is 22.2. The minimum atomic E-state index is -0.822. The molecular formula is C33H42N4O4S. The van der Waals surface area contributed by atoms with Crippen LogP contribution < -0.4 is 21.1 Å². The fourth-order valence-corrected chi connectivity index (χ4v) is 7.32. The van der Waals surface area contributed by atoms with E-state index in [-0.39, 0.29) is 40.8 Å². The lowest BCUT2D eigenvalue weighted by Crippen LogP contribution is -2.61. The van der Waals surface area contributed by atoms with Crippen molar-refractivity contribution in [2.24, 2.45) is 23.5 Å². The van der Waals surface area contributed by atoms with Gasteiger partial charge < -0.3 is 20.8 Å². The molecular weight excluding hydrogens is 548 g/mol. The Morgan fingerprint density at radius 2 is 1.79 bits per heavy atom. The van der Waals surface area contributed by atoms with E-state index in [1.165, 1.54) is 43.9 Å². The van der Waals surface area contributed by atoms with Crippen molar-refractivity contribution in [3.63, 3.8) is 0 Å². The molecule has 5 rings (SSSR count). The molecule has 42 heavy (non-hydrogen) atoms. The molecule has 1 saturated heterocycles. The number of Topliss-reactive ketones (excluding diaryl/α,β-unsaturated/α-hetero) is 1. The molecule has 1 amide bonds. The summed E-state index contributed by atoms with van der Waals surface area (Å²) >= 11 is 1.41. The second-order valence-electron chi connectivity index (χ2n) is 12.0. The molecule has 3 aromatic rings. The summed E-state index contributed by atoms with van der Waals surface area (Å²) < 4.78 is 5.49. The minimum absolute atomic E-state index is 0.0558. The van der Waals surface area contributed by atoms with Crippen molar-refractivity contribution in [2.45, 2.75) is 76.4 Å². The first kappa shape index (κ1) is 30.3. The van der Waals surface area contributed by atoms with E-state index in [0.29, 0.717) is 23.7 Å². The minimum Gasteiger partial charge on any atom is -0.425 e. The third kappa shape index (κ3) is 7.43. The lowest BCUT2D eigenvalue weighted by molar-refractivity contribution is -0.135. The Labute approximate surface area is 251 Å².